The molecule has 0 spiro atoms. The lowest BCUT2D eigenvalue weighted by atomic mass is 10.1. The van der Waals surface area contributed by atoms with Crippen molar-refractivity contribution in [1.82, 2.24) is 9.29 Å². The van der Waals surface area contributed by atoms with Gasteiger partial charge in [0, 0.05) is 29.1 Å². The summed E-state index contributed by atoms with van der Waals surface area (Å²) in [6.07, 6.45) is 1.73. The number of nitrogens with one attached hydrogen (secondary N) is 2. The van der Waals surface area contributed by atoms with Gasteiger partial charge in [-0.1, -0.05) is 0 Å². The van der Waals surface area contributed by atoms with Crippen LogP contribution in [-0.2, 0) is 14.8 Å². The average Bonchev–Trinajstić information content (AvgIpc) is 3.49. The van der Waals surface area contributed by atoms with Gasteiger partial charge in [-0.15, -0.1) is 11.3 Å². The van der Waals surface area contributed by atoms with Crippen molar-refractivity contribution in [2.24, 2.45) is 0 Å². The minimum absolute atomic E-state index is 0.0105. The molecule has 9 nitrogen and oxygen atoms in total. The van der Waals surface area contributed by atoms with Crippen LogP contribution in [-0.4, -0.2) is 49.2 Å². The highest BCUT2D eigenvalue weighted by Gasteiger charge is 2.27. The first-order valence-electron chi connectivity index (χ1n) is 10.8. The van der Waals surface area contributed by atoms with Crippen molar-refractivity contribution in [2.75, 3.05) is 30.3 Å². The van der Waals surface area contributed by atoms with Gasteiger partial charge in [-0.3, -0.25) is 14.9 Å². The zero-order valence-corrected chi connectivity index (χ0v) is 20.0. The first-order chi connectivity index (χ1) is 16.3. The highest BCUT2D eigenvalue weighted by atomic mass is 32.2. The van der Waals surface area contributed by atoms with E-state index in [2.05, 4.69) is 15.6 Å². The Bertz CT molecular complexity index is 1380. The van der Waals surface area contributed by atoms with Crippen molar-refractivity contribution in [3.63, 3.8) is 0 Å². The molecule has 0 aliphatic carbocycles. The van der Waals surface area contributed by atoms with Gasteiger partial charge >= 0.3 is 0 Å². The fraction of sp³-hybridized carbons (Fsp3) is 0.261. The van der Waals surface area contributed by atoms with Crippen LogP contribution in [0.2, 0.25) is 0 Å². The van der Waals surface area contributed by atoms with Gasteiger partial charge in [-0.05, 0) is 62.2 Å². The lowest BCUT2D eigenvalue weighted by Crippen LogP contribution is -2.27. The van der Waals surface area contributed by atoms with Crippen molar-refractivity contribution >= 4 is 44.0 Å². The maximum atomic E-state index is 12.7. The molecule has 2 aliphatic rings. The fourth-order valence-corrected chi connectivity index (χ4v) is 6.32. The molecule has 1 fully saturated rings. The topological polar surface area (TPSA) is 118 Å². The number of carbonyl (C=O) groups is 2. The van der Waals surface area contributed by atoms with Gasteiger partial charge in [0.25, 0.3) is 11.8 Å². The molecule has 2 aromatic carbocycles. The standard InChI is InChI=1S/C23H22N4O5S2/c1-14-21(16-6-9-19-18(12-16)24-20(28)13-32-19)25-23(33-14)26-22(29)15-4-7-17(8-5-15)34(30,31)27-10-2-3-11-27/h4-9,12H,2-3,10-11,13H2,1H3,(H,24,28)(H,25,26,29). The van der Waals surface area contributed by atoms with Gasteiger partial charge in [0.05, 0.1) is 16.3 Å². The number of hydrogen-bond acceptors (Lipinski definition) is 7. The molecule has 0 radical (unpaired) electrons. The second-order valence-electron chi connectivity index (χ2n) is 8.06. The van der Waals surface area contributed by atoms with Crippen LogP contribution in [0.4, 0.5) is 10.8 Å². The number of hydrogen-bond donors (Lipinski definition) is 2. The molecule has 1 aromatic heterocycles. The Hall–Kier alpha value is -3.28. The highest BCUT2D eigenvalue weighted by Crippen LogP contribution is 2.36. The normalized spacial score (nSPS) is 16.0. The molecule has 176 valence electrons. The number of nitrogens with zero attached hydrogens (tertiary/aromatic N) is 2. The SMILES string of the molecule is Cc1sc(NC(=O)c2ccc(S(=O)(=O)N3CCCC3)cc2)nc1-c1ccc2c(c1)NC(=O)CO2. The van der Waals surface area contributed by atoms with Gasteiger partial charge in [-0.25, -0.2) is 13.4 Å². The Morgan fingerprint density at radius 3 is 2.62 bits per heavy atom. The number of ether oxygens (including phenoxy) is 1. The number of fused-ring (bicyclic) bond motifs is 1. The number of carbonyl (C=O) groups excluding carboxylic acids is 2. The van der Waals surface area contributed by atoms with Crippen LogP contribution in [0.25, 0.3) is 11.3 Å². The Labute approximate surface area is 200 Å². The van der Waals surface area contributed by atoms with Crippen molar-refractivity contribution in [2.45, 2.75) is 24.7 Å². The predicted octanol–water partition coefficient (Wildman–Crippen LogP) is 3.49. The number of anilines is 2. The molecule has 1 saturated heterocycles. The van der Waals surface area contributed by atoms with E-state index in [-0.39, 0.29) is 23.3 Å². The van der Waals surface area contributed by atoms with Crippen LogP contribution >= 0.6 is 11.3 Å². The van der Waals surface area contributed by atoms with E-state index >= 15 is 0 Å². The van der Waals surface area contributed by atoms with Gasteiger partial charge < -0.3 is 10.1 Å². The van der Waals surface area contributed by atoms with Crippen LogP contribution in [0.1, 0.15) is 28.1 Å². The van der Waals surface area contributed by atoms with E-state index in [1.807, 2.05) is 13.0 Å². The third-order valence-corrected chi connectivity index (χ3v) is 8.52. The van der Waals surface area contributed by atoms with Gasteiger partial charge in [0.15, 0.2) is 11.7 Å². The van der Waals surface area contributed by atoms with Gasteiger partial charge in [-0.2, -0.15) is 4.31 Å². The van der Waals surface area contributed by atoms with E-state index in [4.69, 9.17) is 4.74 Å². The number of aryl methyl sites for hydroxylation is 1. The summed E-state index contributed by atoms with van der Waals surface area (Å²) in [5.74, 6) is 0.00308. The van der Waals surface area contributed by atoms with E-state index in [0.717, 1.165) is 23.3 Å². The average molecular weight is 499 g/mol. The number of aromatic nitrogens is 1. The number of benzene rings is 2. The molecule has 2 aliphatic heterocycles. The molecule has 0 atom stereocenters. The first kappa shape index (κ1) is 22.5. The minimum atomic E-state index is -3.53. The van der Waals surface area contributed by atoms with Crippen LogP contribution in [0.3, 0.4) is 0 Å². The third-order valence-electron chi connectivity index (χ3n) is 5.72. The zero-order chi connectivity index (χ0) is 23.9. The summed E-state index contributed by atoms with van der Waals surface area (Å²) in [6.45, 7) is 2.94. The molecule has 5 rings (SSSR count). The summed E-state index contributed by atoms with van der Waals surface area (Å²) >= 11 is 1.33. The minimum Gasteiger partial charge on any atom is -0.482 e. The molecule has 3 heterocycles. The largest absolute Gasteiger partial charge is 0.482 e. The van der Waals surface area contributed by atoms with Gasteiger partial charge in [0.2, 0.25) is 10.0 Å². The molecule has 11 heteroatoms. The van der Waals surface area contributed by atoms with E-state index in [9.17, 15) is 18.0 Å². The lowest BCUT2D eigenvalue weighted by Gasteiger charge is -2.18. The summed E-state index contributed by atoms with van der Waals surface area (Å²) in [5, 5.41) is 5.99. The number of rotatable bonds is 5. The molecule has 34 heavy (non-hydrogen) atoms. The Balaban J connectivity index is 1.32. The van der Waals surface area contributed by atoms with Crippen molar-refractivity contribution in [3.8, 4) is 17.0 Å². The van der Waals surface area contributed by atoms with Crippen molar-refractivity contribution in [3.05, 3.63) is 52.9 Å². The maximum Gasteiger partial charge on any atom is 0.262 e. The van der Waals surface area contributed by atoms with Gasteiger partial charge in [0.1, 0.15) is 5.75 Å². The number of sulfonamides is 1. The highest BCUT2D eigenvalue weighted by molar-refractivity contribution is 7.89. The van der Waals surface area contributed by atoms with E-state index in [1.54, 1.807) is 12.1 Å². The summed E-state index contributed by atoms with van der Waals surface area (Å²) in [6, 6.07) is 11.4. The van der Waals surface area contributed by atoms with Crippen molar-refractivity contribution < 1.29 is 22.7 Å². The summed E-state index contributed by atoms with van der Waals surface area (Å²) in [5.41, 5.74) is 2.39. The molecular weight excluding hydrogens is 476 g/mol. The smallest absolute Gasteiger partial charge is 0.262 e. The zero-order valence-electron chi connectivity index (χ0n) is 18.3. The summed E-state index contributed by atoms with van der Waals surface area (Å²) < 4.78 is 32.2. The predicted molar refractivity (Wildman–Crippen MR) is 129 cm³/mol. The van der Waals surface area contributed by atoms with Crippen LogP contribution in [0.15, 0.2) is 47.4 Å². The number of amides is 2. The quantitative estimate of drug-likeness (QED) is 0.556. The lowest BCUT2D eigenvalue weighted by molar-refractivity contribution is -0.118. The summed E-state index contributed by atoms with van der Waals surface area (Å²) in [4.78, 5) is 30.0. The molecule has 0 unspecified atom stereocenters. The van der Waals surface area contributed by atoms with E-state index in [1.165, 1.54) is 39.9 Å². The van der Waals surface area contributed by atoms with Crippen LogP contribution < -0.4 is 15.4 Å². The monoisotopic (exact) mass is 498 g/mol. The van der Waals surface area contributed by atoms with E-state index < -0.39 is 10.0 Å². The maximum absolute atomic E-state index is 12.7. The summed E-state index contributed by atoms with van der Waals surface area (Å²) in [7, 11) is -3.53. The van der Waals surface area contributed by atoms with E-state index in [0.29, 0.717) is 40.9 Å². The van der Waals surface area contributed by atoms with Crippen molar-refractivity contribution in [1.29, 1.82) is 0 Å². The molecule has 0 bridgehead atoms. The molecule has 0 saturated carbocycles. The molecule has 2 N–H and O–H groups in total. The Kier molecular flexibility index (Phi) is 5.84. The number of thiazole rings is 1. The fourth-order valence-electron chi connectivity index (χ4n) is 3.97. The van der Waals surface area contributed by atoms with Crippen LogP contribution in [0, 0.1) is 6.92 Å². The second-order valence-corrected chi connectivity index (χ2v) is 11.2. The van der Waals surface area contributed by atoms with Crippen LogP contribution in [0.5, 0.6) is 5.75 Å². The Morgan fingerprint density at radius 1 is 1.15 bits per heavy atom. The Morgan fingerprint density at radius 2 is 1.88 bits per heavy atom. The third kappa shape index (κ3) is 4.29. The molecular formula is C23H22N4O5S2. The first-order valence-corrected chi connectivity index (χ1v) is 13.0. The second kappa shape index (κ2) is 8.82. The molecule has 2 amide bonds. The molecule has 3 aromatic rings.